The van der Waals surface area contributed by atoms with Crippen LogP contribution in [0.15, 0.2) is 5.16 Å². The molecule has 0 aromatic heterocycles. The number of amidine groups is 1. The van der Waals surface area contributed by atoms with Crippen LogP contribution in [-0.4, -0.2) is 31.1 Å². The average Bonchev–Trinajstić information content (AvgIpc) is 3.06. The monoisotopic (exact) mass is 232 g/mol. The summed E-state index contributed by atoms with van der Waals surface area (Å²) in [6, 6.07) is 0. The van der Waals surface area contributed by atoms with Gasteiger partial charge in [0.1, 0.15) is 6.67 Å². The number of nitrogens with zero attached hydrogens (tertiary/aromatic N) is 1. The molecule has 1 aliphatic rings. The first kappa shape index (κ1) is 12.4. The normalized spacial score (nSPS) is 17.8. The Balaban J connectivity index is 2.46. The molecule has 0 aliphatic heterocycles. The highest BCUT2D eigenvalue weighted by Crippen LogP contribution is 2.47. The number of hydrogen-bond acceptors (Lipinski definition) is 5. The second kappa shape index (κ2) is 4.91. The molecule has 6 nitrogen and oxygen atoms in total. The average molecular weight is 232 g/mol. The van der Waals surface area contributed by atoms with E-state index in [0.717, 1.165) is 0 Å². The molecule has 2 N–H and O–H groups in total. The number of esters is 1. The van der Waals surface area contributed by atoms with E-state index in [1.165, 1.54) is 0 Å². The number of hydrogen-bond donors (Lipinski definition) is 1. The Morgan fingerprint density at radius 1 is 1.50 bits per heavy atom. The Labute approximate surface area is 91.6 Å². The Kier molecular flexibility index (Phi) is 3.81. The smallest absolute Gasteiger partial charge is 0.377 e. The van der Waals surface area contributed by atoms with Gasteiger partial charge in [-0.25, -0.2) is 14.0 Å². The van der Waals surface area contributed by atoms with Crippen LogP contribution in [0.1, 0.15) is 19.8 Å². The predicted molar refractivity (Wildman–Crippen MR) is 52.0 cm³/mol. The first-order chi connectivity index (χ1) is 7.55. The number of carbonyl (C=O) groups is 2. The molecule has 1 saturated carbocycles. The minimum atomic E-state index is -1.07. The minimum Gasteiger partial charge on any atom is -0.460 e. The molecule has 0 unspecified atom stereocenters. The number of ether oxygens (including phenoxy) is 1. The van der Waals surface area contributed by atoms with Crippen molar-refractivity contribution in [2.45, 2.75) is 19.8 Å². The number of oxime groups is 1. The zero-order chi connectivity index (χ0) is 12.2. The topological polar surface area (TPSA) is 91.0 Å². The Bertz CT molecular complexity index is 325. The predicted octanol–water partition coefficient (Wildman–Crippen LogP) is 0.115. The number of rotatable bonds is 4. The summed E-state index contributed by atoms with van der Waals surface area (Å²) in [5.74, 6) is -2.24. The van der Waals surface area contributed by atoms with E-state index in [1.54, 1.807) is 6.92 Å². The molecule has 1 rings (SSSR count). The minimum absolute atomic E-state index is 0.136. The lowest BCUT2D eigenvalue weighted by Crippen LogP contribution is -2.28. The molecule has 90 valence electrons. The fraction of sp³-hybridized carbons (Fsp3) is 0.667. The van der Waals surface area contributed by atoms with Gasteiger partial charge in [0.05, 0.1) is 12.0 Å². The SMILES string of the molecule is CCOC(=O)/C(N)=N\OC(=O)C1(CF)CC1. The third-order valence-corrected chi connectivity index (χ3v) is 2.25. The van der Waals surface area contributed by atoms with Gasteiger partial charge in [0.2, 0.25) is 5.84 Å². The Morgan fingerprint density at radius 3 is 2.56 bits per heavy atom. The molecule has 0 saturated heterocycles. The van der Waals surface area contributed by atoms with Gasteiger partial charge < -0.3 is 15.3 Å². The molecule has 0 bridgehead atoms. The number of halogens is 1. The molecule has 0 amide bonds. The van der Waals surface area contributed by atoms with Gasteiger partial charge in [-0.05, 0) is 19.8 Å². The van der Waals surface area contributed by atoms with Gasteiger partial charge in [-0.1, -0.05) is 5.16 Å². The van der Waals surface area contributed by atoms with Crippen LogP contribution < -0.4 is 5.73 Å². The largest absolute Gasteiger partial charge is 0.460 e. The fourth-order valence-electron chi connectivity index (χ4n) is 0.973. The van der Waals surface area contributed by atoms with Gasteiger partial charge in [0.25, 0.3) is 0 Å². The summed E-state index contributed by atoms with van der Waals surface area (Å²) in [5.41, 5.74) is 4.09. The summed E-state index contributed by atoms with van der Waals surface area (Å²) >= 11 is 0. The summed E-state index contributed by atoms with van der Waals surface area (Å²) in [7, 11) is 0. The highest BCUT2D eigenvalue weighted by molar-refractivity contribution is 6.34. The molecular weight excluding hydrogens is 219 g/mol. The Hall–Kier alpha value is -1.66. The summed E-state index contributed by atoms with van der Waals surface area (Å²) in [6.45, 7) is 0.942. The second-order valence-electron chi connectivity index (χ2n) is 3.49. The van der Waals surface area contributed by atoms with Crippen LogP contribution in [0.3, 0.4) is 0 Å². The molecule has 16 heavy (non-hydrogen) atoms. The second-order valence-corrected chi connectivity index (χ2v) is 3.49. The van der Waals surface area contributed by atoms with Crippen LogP contribution in [0.5, 0.6) is 0 Å². The van der Waals surface area contributed by atoms with Gasteiger partial charge in [-0.3, -0.25) is 0 Å². The number of alkyl halides is 1. The molecule has 7 heteroatoms. The molecule has 0 heterocycles. The Morgan fingerprint density at radius 2 is 2.12 bits per heavy atom. The van der Waals surface area contributed by atoms with Crippen LogP contribution in [-0.2, 0) is 19.2 Å². The first-order valence-electron chi connectivity index (χ1n) is 4.84. The van der Waals surface area contributed by atoms with Crippen molar-refractivity contribution >= 4 is 17.8 Å². The van der Waals surface area contributed by atoms with Crippen LogP contribution in [0, 0.1) is 5.41 Å². The molecule has 0 aromatic rings. The zero-order valence-electron chi connectivity index (χ0n) is 8.86. The molecule has 0 aromatic carbocycles. The van der Waals surface area contributed by atoms with Crippen LogP contribution >= 0.6 is 0 Å². The molecule has 1 fully saturated rings. The van der Waals surface area contributed by atoms with E-state index in [-0.39, 0.29) is 6.61 Å². The van der Waals surface area contributed by atoms with E-state index in [1.807, 2.05) is 0 Å². The summed E-state index contributed by atoms with van der Waals surface area (Å²) in [4.78, 5) is 26.6. The number of nitrogens with two attached hydrogens (primary N) is 1. The fourth-order valence-corrected chi connectivity index (χ4v) is 0.973. The summed E-state index contributed by atoms with van der Waals surface area (Å²) in [6.07, 6.45) is 0.855. The third-order valence-electron chi connectivity index (χ3n) is 2.25. The van der Waals surface area contributed by atoms with Crippen molar-refractivity contribution in [3.63, 3.8) is 0 Å². The zero-order valence-corrected chi connectivity index (χ0v) is 8.86. The van der Waals surface area contributed by atoms with Crippen molar-refractivity contribution in [1.29, 1.82) is 0 Å². The van der Waals surface area contributed by atoms with E-state index < -0.39 is 29.9 Å². The van der Waals surface area contributed by atoms with E-state index in [9.17, 15) is 14.0 Å². The van der Waals surface area contributed by atoms with Gasteiger partial charge in [-0.2, -0.15) is 0 Å². The lowest BCUT2D eigenvalue weighted by Gasteiger charge is -2.05. The van der Waals surface area contributed by atoms with Crippen molar-refractivity contribution in [2.75, 3.05) is 13.3 Å². The lowest BCUT2D eigenvalue weighted by atomic mass is 10.1. The maximum absolute atomic E-state index is 12.4. The van der Waals surface area contributed by atoms with E-state index >= 15 is 0 Å². The molecule has 0 spiro atoms. The van der Waals surface area contributed by atoms with Crippen molar-refractivity contribution < 1.29 is 23.6 Å². The third kappa shape index (κ3) is 2.68. The van der Waals surface area contributed by atoms with E-state index in [0.29, 0.717) is 12.8 Å². The van der Waals surface area contributed by atoms with Crippen molar-refractivity contribution in [3.05, 3.63) is 0 Å². The first-order valence-corrected chi connectivity index (χ1v) is 4.84. The summed E-state index contributed by atoms with van der Waals surface area (Å²) < 4.78 is 16.9. The van der Waals surface area contributed by atoms with Gasteiger partial charge in [-0.15, -0.1) is 0 Å². The van der Waals surface area contributed by atoms with E-state index in [4.69, 9.17) is 5.73 Å². The van der Waals surface area contributed by atoms with Crippen molar-refractivity contribution in [3.8, 4) is 0 Å². The van der Waals surface area contributed by atoms with Crippen LogP contribution in [0.25, 0.3) is 0 Å². The quantitative estimate of drug-likeness (QED) is 0.244. The maximum Gasteiger partial charge on any atom is 0.377 e. The summed E-state index contributed by atoms with van der Waals surface area (Å²) in [5, 5.41) is 3.10. The highest BCUT2D eigenvalue weighted by Gasteiger charge is 2.52. The van der Waals surface area contributed by atoms with Gasteiger partial charge >= 0.3 is 11.9 Å². The van der Waals surface area contributed by atoms with Gasteiger partial charge in [0.15, 0.2) is 0 Å². The lowest BCUT2D eigenvalue weighted by molar-refractivity contribution is -0.151. The highest BCUT2D eigenvalue weighted by atomic mass is 19.1. The standard InChI is InChI=1S/C9H13FN2O4/c1-2-15-7(13)6(11)12-16-8(14)9(5-10)3-4-9/h2-5H2,1H3,(H2,11,12). The number of carbonyl (C=O) groups excluding carboxylic acids is 2. The van der Waals surface area contributed by atoms with Crippen molar-refractivity contribution in [1.82, 2.24) is 0 Å². The maximum atomic E-state index is 12.4. The molecule has 1 aliphatic carbocycles. The van der Waals surface area contributed by atoms with Crippen LogP contribution in [0.4, 0.5) is 4.39 Å². The van der Waals surface area contributed by atoms with Crippen LogP contribution in [0.2, 0.25) is 0 Å². The van der Waals surface area contributed by atoms with E-state index in [2.05, 4.69) is 14.7 Å². The molecule has 0 radical (unpaired) electrons. The molecular formula is C9H13FN2O4. The van der Waals surface area contributed by atoms with Gasteiger partial charge in [0, 0.05) is 0 Å². The van der Waals surface area contributed by atoms with Crippen molar-refractivity contribution in [2.24, 2.45) is 16.3 Å². The molecule has 0 atom stereocenters.